The summed E-state index contributed by atoms with van der Waals surface area (Å²) in [6.07, 6.45) is 0. The molecule has 0 saturated heterocycles. The molecule has 2 rings (SSSR count). The zero-order valence-corrected chi connectivity index (χ0v) is 10.4. The first-order valence-corrected chi connectivity index (χ1v) is 5.62. The van der Waals surface area contributed by atoms with Crippen molar-refractivity contribution in [2.75, 3.05) is 0 Å². The molecule has 0 bridgehead atoms. The molecule has 0 unspecified atom stereocenters. The number of aliphatic imine (C=N–C) groups is 1. The molecule has 1 aromatic carbocycles. The van der Waals surface area contributed by atoms with Crippen LogP contribution in [0, 0.1) is 0 Å². The van der Waals surface area contributed by atoms with Gasteiger partial charge in [-0.1, -0.05) is 39.0 Å². The van der Waals surface area contributed by atoms with Crippen LogP contribution in [0.3, 0.4) is 0 Å². The van der Waals surface area contributed by atoms with Crippen LogP contribution in [0.5, 0.6) is 0 Å². The second-order valence-electron chi connectivity index (χ2n) is 4.69. The first kappa shape index (κ1) is 9.91. The molecule has 2 heteroatoms. The molecular weight excluding hydrogens is 238 g/mol. The van der Waals surface area contributed by atoms with Gasteiger partial charge in [0.1, 0.15) is 4.62 Å². The lowest BCUT2D eigenvalue weighted by molar-refractivity contribution is 0.583. The minimum atomic E-state index is 0.207. The molecule has 1 aliphatic rings. The van der Waals surface area contributed by atoms with Crippen LogP contribution in [0.1, 0.15) is 37.5 Å². The molecule has 1 nitrogen and oxygen atoms in total. The van der Waals surface area contributed by atoms with Gasteiger partial charge in [-0.05, 0) is 32.5 Å². The summed E-state index contributed by atoms with van der Waals surface area (Å²) in [4.78, 5) is 4.41. The lowest BCUT2D eigenvalue weighted by Gasteiger charge is -2.22. The van der Waals surface area contributed by atoms with Gasteiger partial charge in [0, 0.05) is 5.56 Å². The highest BCUT2D eigenvalue weighted by Gasteiger charge is 2.23. The maximum absolute atomic E-state index is 4.41. The number of hydrogen-bond donors (Lipinski definition) is 0. The Bertz CT molecular complexity index is 399. The topological polar surface area (TPSA) is 12.4 Å². The SMILES string of the molecule is CC(C)(C)c1cccc2c1CN=C2Br. The molecule has 0 spiro atoms. The van der Waals surface area contributed by atoms with Crippen molar-refractivity contribution < 1.29 is 0 Å². The average Bonchev–Trinajstić information content (AvgIpc) is 2.46. The summed E-state index contributed by atoms with van der Waals surface area (Å²) in [5, 5.41) is 0. The molecular formula is C12H14BrN. The van der Waals surface area contributed by atoms with Gasteiger partial charge in [-0.25, -0.2) is 0 Å². The summed E-state index contributed by atoms with van der Waals surface area (Å²) in [6.45, 7) is 7.56. The van der Waals surface area contributed by atoms with Crippen molar-refractivity contribution in [3.8, 4) is 0 Å². The molecule has 0 fully saturated rings. The number of benzene rings is 1. The van der Waals surface area contributed by atoms with E-state index >= 15 is 0 Å². The molecule has 0 amide bonds. The van der Waals surface area contributed by atoms with Crippen LogP contribution >= 0.6 is 15.9 Å². The van der Waals surface area contributed by atoms with Crippen LogP contribution in [0.25, 0.3) is 0 Å². The van der Waals surface area contributed by atoms with E-state index in [2.05, 4.69) is 59.9 Å². The summed E-state index contributed by atoms with van der Waals surface area (Å²) in [7, 11) is 0. The zero-order chi connectivity index (χ0) is 10.3. The van der Waals surface area contributed by atoms with Crippen molar-refractivity contribution in [2.24, 2.45) is 4.99 Å². The first-order valence-electron chi connectivity index (χ1n) is 4.83. The molecule has 1 aromatic rings. The Kier molecular flexibility index (Phi) is 2.26. The Morgan fingerprint density at radius 1 is 1.29 bits per heavy atom. The average molecular weight is 252 g/mol. The van der Waals surface area contributed by atoms with Crippen molar-refractivity contribution in [3.63, 3.8) is 0 Å². The Morgan fingerprint density at radius 2 is 2.00 bits per heavy atom. The molecule has 14 heavy (non-hydrogen) atoms. The Balaban J connectivity index is 2.58. The van der Waals surface area contributed by atoms with Gasteiger partial charge in [0.15, 0.2) is 0 Å². The van der Waals surface area contributed by atoms with Gasteiger partial charge < -0.3 is 0 Å². The number of hydrogen-bond acceptors (Lipinski definition) is 1. The van der Waals surface area contributed by atoms with E-state index in [0.717, 1.165) is 11.2 Å². The van der Waals surface area contributed by atoms with Crippen LogP contribution in [-0.4, -0.2) is 4.62 Å². The molecule has 0 N–H and O–H groups in total. The van der Waals surface area contributed by atoms with Crippen molar-refractivity contribution in [1.82, 2.24) is 0 Å². The monoisotopic (exact) mass is 251 g/mol. The van der Waals surface area contributed by atoms with Gasteiger partial charge in [-0.3, -0.25) is 4.99 Å². The summed E-state index contributed by atoms with van der Waals surface area (Å²) in [5.41, 5.74) is 4.26. The number of halogens is 1. The normalized spacial score (nSPS) is 15.3. The van der Waals surface area contributed by atoms with Gasteiger partial charge in [-0.2, -0.15) is 0 Å². The van der Waals surface area contributed by atoms with Gasteiger partial charge >= 0.3 is 0 Å². The Hall–Kier alpha value is -0.630. The lowest BCUT2D eigenvalue weighted by atomic mass is 9.83. The first-order chi connectivity index (χ1) is 6.50. The third-order valence-electron chi connectivity index (χ3n) is 2.58. The van der Waals surface area contributed by atoms with E-state index in [1.807, 2.05) is 0 Å². The van der Waals surface area contributed by atoms with Gasteiger partial charge in [-0.15, -0.1) is 0 Å². The molecule has 0 saturated carbocycles. The fourth-order valence-corrected chi connectivity index (χ4v) is 2.38. The van der Waals surface area contributed by atoms with E-state index in [4.69, 9.17) is 0 Å². The Labute approximate surface area is 93.4 Å². The quantitative estimate of drug-likeness (QED) is 0.668. The second-order valence-corrected chi connectivity index (χ2v) is 5.44. The third kappa shape index (κ3) is 1.52. The van der Waals surface area contributed by atoms with Crippen LogP contribution in [0.2, 0.25) is 0 Å². The van der Waals surface area contributed by atoms with E-state index in [9.17, 15) is 0 Å². The molecule has 0 atom stereocenters. The van der Waals surface area contributed by atoms with Crippen LogP contribution in [0.4, 0.5) is 0 Å². The van der Waals surface area contributed by atoms with E-state index < -0.39 is 0 Å². The van der Waals surface area contributed by atoms with E-state index in [-0.39, 0.29) is 5.41 Å². The minimum absolute atomic E-state index is 0.207. The largest absolute Gasteiger partial charge is 0.272 e. The van der Waals surface area contributed by atoms with Crippen LogP contribution in [0.15, 0.2) is 23.2 Å². The Morgan fingerprint density at radius 3 is 2.64 bits per heavy atom. The summed E-state index contributed by atoms with van der Waals surface area (Å²) in [6, 6.07) is 6.45. The molecule has 1 aliphatic heterocycles. The maximum atomic E-state index is 4.41. The fourth-order valence-electron chi connectivity index (χ4n) is 1.89. The fraction of sp³-hybridized carbons (Fsp3) is 0.417. The predicted molar refractivity (Wildman–Crippen MR) is 64.3 cm³/mol. The second kappa shape index (κ2) is 3.20. The smallest absolute Gasteiger partial charge is 0.108 e. The standard InChI is InChI=1S/C12H14BrN/c1-12(2,3)10-6-4-5-8-9(10)7-14-11(8)13/h4-6H,7H2,1-3H3. The predicted octanol–water partition coefficient (Wildman–Crippen LogP) is 3.64. The van der Waals surface area contributed by atoms with Crippen molar-refractivity contribution in [3.05, 3.63) is 34.9 Å². The summed E-state index contributed by atoms with van der Waals surface area (Å²) < 4.78 is 0.999. The highest BCUT2D eigenvalue weighted by molar-refractivity contribution is 9.18. The van der Waals surface area contributed by atoms with E-state index in [1.54, 1.807) is 0 Å². The molecule has 74 valence electrons. The van der Waals surface area contributed by atoms with Crippen LogP contribution in [-0.2, 0) is 12.0 Å². The zero-order valence-electron chi connectivity index (χ0n) is 8.76. The van der Waals surface area contributed by atoms with E-state index in [0.29, 0.717) is 0 Å². The van der Waals surface area contributed by atoms with Gasteiger partial charge in [0.05, 0.1) is 6.54 Å². The number of rotatable bonds is 0. The van der Waals surface area contributed by atoms with Crippen molar-refractivity contribution >= 4 is 20.6 Å². The number of nitrogens with zero attached hydrogens (tertiary/aromatic N) is 1. The molecule has 0 aliphatic carbocycles. The summed E-state index contributed by atoms with van der Waals surface area (Å²) >= 11 is 3.49. The van der Waals surface area contributed by atoms with Gasteiger partial charge in [0.25, 0.3) is 0 Å². The van der Waals surface area contributed by atoms with Crippen LogP contribution < -0.4 is 0 Å². The molecule has 0 aromatic heterocycles. The summed E-state index contributed by atoms with van der Waals surface area (Å²) in [5.74, 6) is 0. The minimum Gasteiger partial charge on any atom is -0.272 e. The third-order valence-corrected chi connectivity index (χ3v) is 3.26. The van der Waals surface area contributed by atoms with Crippen molar-refractivity contribution in [2.45, 2.75) is 32.7 Å². The maximum Gasteiger partial charge on any atom is 0.108 e. The highest BCUT2D eigenvalue weighted by Crippen LogP contribution is 2.32. The highest BCUT2D eigenvalue weighted by atomic mass is 79.9. The molecule has 1 heterocycles. The number of fused-ring (bicyclic) bond motifs is 1. The molecule has 0 radical (unpaired) electrons. The van der Waals surface area contributed by atoms with Gasteiger partial charge in [0.2, 0.25) is 0 Å². The van der Waals surface area contributed by atoms with Crippen molar-refractivity contribution in [1.29, 1.82) is 0 Å². The van der Waals surface area contributed by atoms with E-state index in [1.165, 1.54) is 16.7 Å². The lowest BCUT2D eigenvalue weighted by Crippen LogP contribution is -2.14.